The van der Waals surface area contributed by atoms with Crippen molar-refractivity contribution >= 4 is 23.3 Å². The molecule has 6 heteroatoms. The molecule has 0 spiro atoms. The Hall–Kier alpha value is -1.33. The molecule has 1 amide bonds. The third-order valence-corrected chi connectivity index (χ3v) is 2.85. The molecule has 5 nitrogen and oxygen atoms in total. The molecule has 0 saturated heterocycles. The molecule has 0 aromatic heterocycles. The van der Waals surface area contributed by atoms with E-state index in [1.165, 1.54) is 13.0 Å². The van der Waals surface area contributed by atoms with Gasteiger partial charge in [0.1, 0.15) is 5.84 Å². The summed E-state index contributed by atoms with van der Waals surface area (Å²) >= 11 is 5.75. The van der Waals surface area contributed by atoms with E-state index in [9.17, 15) is 9.90 Å². The first-order valence-electron chi connectivity index (χ1n) is 4.72. The normalized spacial score (nSPS) is 21.8. The van der Waals surface area contributed by atoms with Gasteiger partial charge in [0.25, 0.3) is 5.91 Å². The minimum absolute atomic E-state index is 0.0743. The van der Waals surface area contributed by atoms with Crippen LogP contribution in [0.25, 0.3) is 0 Å². The van der Waals surface area contributed by atoms with Crippen LogP contribution >= 0.6 is 11.6 Å². The summed E-state index contributed by atoms with van der Waals surface area (Å²) in [6.45, 7) is 3.28. The highest BCUT2D eigenvalue weighted by atomic mass is 35.5. The highest BCUT2D eigenvalue weighted by Gasteiger charge is 2.36. The fourth-order valence-corrected chi connectivity index (χ4v) is 1.47. The topological polar surface area (TPSA) is 76.4 Å². The molecular formula is C10H14ClN3O2. The van der Waals surface area contributed by atoms with E-state index in [4.69, 9.17) is 17.0 Å². The number of allylic oxidation sites excluding steroid dienone is 1. The van der Waals surface area contributed by atoms with E-state index in [1.807, 2.05) is 0 Å². The summed E-state index contributed by atoms with van der Waals surface area (Å²) < 4.78 is 0. The first-order valence-corrected chi connectivity index (χ1v) is 5.10. The van der Waals surface area contributed by atoms with Crippen LogP contribution in [0.4, 0.5) is 0 Å². The molecular weight excluding hydrogens is 230 g/mol. The van der Waals surface area contributed by atoms with Gasteiger partial charge in [0.15, 0.2) is 6.23 Å². The molecule has 3 N–H and O–H groups in total. The number of carbonyl (C=O) groups excluding carboxylic acids is 1. The van der Waals surface area contributed by atoms with Crippen molar-refractivity contribution in [2.75, 3.05) is 7.05 Å². The molecule has 88 valence electrons. The van der Waals surface area contributed by atoms with Crippen LogP contribution in [0.3, 0.4) is 0 Å². The SMILES string of the molecule is CN/C(C)=C\C(=N)N1C(=O)C(C)=C(Cl)C1O. The Kier molecular flexibility index (Phi) is 3.72. The molecule has 1 atom stereocenters. The molecule has 0 fully saturated rings. The number of nitrogens with zero attached hydrogens (tertiary/aromatic N) is 1. The van der Waals surface area contributed by atoms with Crippen molar-refractivity contribution in [1.29, 1.82) is 5.41 Å². The number of aliphatic hydroxyl groups excluding tert-OH is 1. The van der Waals surface area contributed by atoms with Gasteiger partial charge in [-0.2, -0.15) is 0 Å². The molecule has 0 bridgehead atoms. The Morgan fingerprint density at radius 1 is 1.69 bits per heavy atom. The van der Waals surface area contributed by atoms with Crippen LogP contribution in [0.5, 0.6) is 0 Å². The zero-order chi connectivity index (χ0) is 12.5. The molecule has 0 aromatic carbocycles. The average molecular weight is 244 g/mol. The quantitative estimate of drug-likeness (QED) is 0.495. The molecule has 1 unspecified atom stereocenters. The van der Waals surface area contributed by atoms with E-state index in [0.717, 1.165) is 4.90 Å². The number of amidine groups is 1. The predicted octanol–water partition coefficient (Wildman–Crippen LogP) is 0.760. The number of hydrogen-bond acceptors (Lipinski definition) is 4. The Labute approximate surface area is 98.9 Å². The lowest BCUT2D eigenvalue weighted by Crippen LogP contribution is -2.39. The largest absolute Gasteiger partial charge is 0.392 e. The van der Waals surface area contributed by atoms with Gasteiger partial charge in [0.05, 0.1) is 5.03 Å². The number of rotatable bonds is 2. The highest BCUT2D eigenvalue weighted by molar-refractivity contribution is 6.34. The number of carbonyl (C=O) groups is 1. The van der Waals surface area contributed by atoms with Gasteiger partial charge < -0.3 is 10.4 Å². The Morgan fingerprint density at radius 3 is 2.62 bits per heavy atom. The number of halogens is 1. The molecule has 1 heterocycles. The van der Waals surface area contributed by atoms with Crippen molar-refractivity contribution in [2.24, 2.45) is 0 Å². The first-order chi connectivity index (χ1) is 7.40. The molecule has 1 rings (SSSR count). The second-order valence-corrected chi connectivity index (χ2v) is 3.89. The van der Waals surface area contributed by atoms with Crippen LogP contribution < -0.4 is 5.32 Å². The van der Waals surface area contributed by atoms with E-state index < -0.39 is 12.1 Å². The smallest absolute Gasteiger partial charge is 0.258 e. The van der Waals surface area contributed by atoms with Gasteiger partial charge in [-0.05, 0) is 19.9 Å². The van der Waals surface area contributed by atoms with E-state index in [2.05, 4.69) is 5.32 Å². The van der Waals surface area contributed by atoms with Gasteiger partial charge in [-0.1, -0.05) is 11.6 Å². The minimum atomic E-state index is -1.25. The zero-order valence-electron chi connectivity index (χ0n) is 9.34. The van der Waals surface area contributed by atoms with Crippen LogP contribution in [-0.4, -0.2) is 35.0 Å². The van der Waals surface area contributed by atoms with Crippen LogP contribution in [0, 0.1) is 5.41 Å². The van der Waals surface area contributed by atoms with Gasteiger partial charge >= 0.3 is 0 Å². The minimum Gasteiger partial charge on any atom is -0.392 e. The molecule has 1 aliphatic rings. The van der Waals surface area contributed by atoms with Gasteiger partial charge in [-0.15, -0.1) is 0 Å². The maximum absolute atomic E-state index is 11.7. The fraction of sp³-hybridized carbons (Fsp3) is 0.400. The second-order valence-electron chi connectivity index (χ2n) is 3.48. The van der Waals surface area contributed by atoms with Gasteiger partial charge in [0.2, 0.25) is 0 Å². The van der Waals surface area contributed by atoms with Gasteiger partial charge in [-0.3, -0.25) is 15.1 Å². The summed E-state index contributed by atoms with van der Waals surface area (Å²) in [5.74, 6) is -0.540. The second kappa shape index (κ2) is 4.67. The van der Waals surface area contributed by atoms with Gasteiger partial charge in [0, 0.05) is 18.3 Å². The summed E-state index contributed by atoms with van der Waals surface area (Å²) in [7, 11) is 1.71. The van der Waals surface area contributed by atoms with Crippen LogP contribution in [0.2, 0.25) is 0 Å². The molecule has 0 radical (unpaired) electrons. The Morgan fingerprint density at radius 2 is 2.25 bits per heavy atom. The van der Waals surface area contributed by atoms with Gasteiger partial charge in [-0.25, -0.2) is 0 Å². The third-order valence-electron chi connectivity index (χ3n) is 2.38. The van der Waals surface area contributed by atoms with E-state index >= 15 is 0 Å². The van der Waals surface area contributed by atoms with Crippen molar-refractivity contribution in [2.45, 2.75) is 20.1 Å². The fourth-order valence-electron chi connectivity index (χ4n) is 1.29. The third kappa shape index (κ3) is 2.10. The van der Waals surface area contributed by atoms with E-state index in [1.54, 1.807) is 14.0 Å². The maximum atomic E-state index is 11.7. The summed E-state index contributed by atoms with van der Waals surface area (Å²) in [5.41, 5.74) is 0.986. The van der Waals surface area contributed by atoms with Crippen molar-refractivity contribution in [3.8, 4) is 0 Å². The molecule has 0 aromatic rings. The molecule has 0 saturated carbocycles. The maximum Gasteiger partial charge on any atom is 0.258 e. The Bertz CT molecular complexity index is 401. The number of nitrogens with one attached hydrogen (secondary N) is 2. The lowest BCUT2D eigenvalue weighted by atomic mass is 10.3. The number of hydrogen-bond donors (Lipinski definition) is 3. The van der Waals surface area contributed by atoms with Crippen LogP contribution in [0.15, 0.2) is 22.4 Å². The summed E-state index contributed by atoms with van der Waals surface area (Å²) in [4.78, 5) is 12.6. The van der Waals surface area contributed by atoms with Crippen molar-refractivity contribution in [3.63, 3.8) is 0 Å². The standard InChI is InChI=1S/C10H14ClN3O2/c1-5(13-3)4-7(12)14-9(15)6(2)8(11)10(14)16/h4,10,12-13,16H,1-3H3/b5-4-,12-7?. The van der Waals surface area contributed by atoms with Crippen molar-refractivity contribution < 1.29 is 9.90 Å². The molecule has 16 heavy (non-hydrogen) atoms. The monoisotopic (exact) mass is 243 g/mol. The average Bonchev–Trinajstić information content (AvgIpc) is 2.43. The van der Waals surface area contributed by atoms with Crippen LogP contribution in [0.1, 0.15) is 13.8 Å². The zero-order valence-corrected chi connectivity index (χ0v) is 10.1. The van der Waals surface area contributed by atoms with Crippen molar-refractivity contribution in [3.05, 3.63) is 22.4 Å². The van der Waals surface area contributed by atoms with E-state index in [-0.39, 0.29) is 16.4 Å². The van der Waals surface area contributed by atoms with Crippen LogP contribution in [-0.2, 0) is 4.79 Å². The summed E-state index contributed by atoms with van der Waals surface area (Å²) in [6, 6.07) is 0. The van der Waals surface area contributed by atoms with E-state index in [0.29, 0.717) is 5.70 Å². The lowest BCUT2D eigenvalue weighted by molar-refractivity contribution is -0.126. The molecule has 0 aliphatic carbocycles. The summed E-state index contributed by atoms with van der Waals surface area (Å²) in [5, 5.41) is 20.3. The Balaban J connectivity index is 2.94. The highest BCUT2D eigenvalue weighted by Crippen LogP contribution is 2.27. The van der Waals surface area contributed by atoms with Crippen molar-refractivity contribution in [1.82, 2.24) is 10.2 Å². The predicted molar refractivity (Wildman–Crippen MR) is 61.9 cm³/mol. The first kappa shape index (κ1) is 12.7. The number of amides is 1. The number of aliphatic hydroxyl groups is 1. The molecule has 1 aliphatic heterocycles. The summed E-state index contributed by atoms with van der Waals surface area (Å²) in [6.07, 6.45) is 0.201. The lowest BCUT2D eigenvalue weighted by Gasteiger charge is -2.20.